The fraction of sp³-hybridized carbons (Fsp3) is 0.556. The first kappa shape index (κ1) is 9.92. The van der Waals surface area contributed by atoms with Crippen LogP contribution in [0, 0.1) is 6.92 Å². The highest BCUT2D eigenvalue weighted by Crippen LogP contribution is 2.09. The van der Waals surface area contributed by atoms with Crippen molar-refractivity contribution in [1.29, 1.82) is 0 Å². The average Bonchev–Trinajstić information content (AvgIpc) is 2.15. The molecule has 1 rings (SSSR count). The summed E-state index contributed by atoms with van der Waals surface area (Å²) in [6, 6.07) is 0.0658. The Morgan fingerprint density at radius 2 is 2.23 bits per heavy atom. The Bertz CT molecular complexity index is 277. The maximum Gasteiger partial charge on any atom is 0.147 e. The van der Waals surface area contributed by atoms with E-state index in [-0.39, 0.29) is 12.6 Å². The molecule has 1 atom stereocenters. The zero-order valence-corrected chi connectivity index (χ0v) is 8.23. The van der Waals surface area contributed by atoms with Crippen LogP contribution in [0.25, 0.3) is 0 Å². The summed E-state index contributed by atoms with van der Waals surface area (Å²) < 4.78 is 0. The van der Waals surface area contributed by atoms with Crippen molar-refractivity contribution in [2.75, 3.05) is 18.6 Å². The minimum Gasteiger partial charge on any atom is -0.394 e. The predicted octanol–water partition coefficient (Wildman–Crippen LogP) is 0.602. The Balaban J connectivity index is 2.82. The van der Waals surface area contributed by atoms with Gasteiger partial charge in [0.15, 0.2) is 0 Å². The molecule has 4 nitrogen and oxygen atoms in total. The zero-order valence-electron chi connectivity index (χ0n) is 8.23. The van der Waals surface area contributed by atoms with Gasteiger partial charge in [-0.3, -0.25) is 4.98 Å². The monoisotopic (exact) mass is 181 g/mol. The molecule has 13 heavy (non-hydrogen) atoms. The van der Waals surface area contributed by atoms with Gasteiger partial charge in [-0.1, -0.05) is 0 Å². The topological polar surface area (TPSA) is 49.2 Å². The Morgan fingerprint density at radius 3 is 2.77 bits per heavy atom. The number of aliphatic hydroxyl groups is 1. The van der Waals surface area contributed by atoms with E-state index in [2.05, 4.69) is 9.97 Å². The number of hydrogen-bond acceptors (Lipinski definition) is 4. The highest BCUT2D eigenvalue weighted by Gasteiger charge is 2.09. The largest absolute Gasteiger partial charge is 0.394 e. The number of anilines is 1. The molecule has 0 saturated carbocycles. The lowest BCUT2D eigenvalue weighted by molar-refractivity contribution is 0.269. The van der Waals surface area contributed by atoms with E-state index in [1.165, 1.54) is 0 Å². The summed E-state index contributed by atoms with van der Waals surface area (Å²) in [7, 11) is 1.89. The van der Waals surface area contributed by atoms with Crippen LogP contribution in [0.15, 0.2) is 12.4 Å². The molecule has 0 spiro atoms. The van der Waals surface area contributed by atoms with E-state index in [9.17, 15) is 0 Å². The van der Waals surface area contributed by atoms with E-state index in [0.717, 1.165) is 11.5 Å². The van der Waals surface area contributed by atoms with Crippen molar-refractivity contribution >= 4 is 5.82 Å². The van der Waals surface area contributed by atoms with Crippen LogP contribution in [0.1, 0.15) is 12.6 Å². The van der Waals surface area contributed by atoms with Crippen LogP contribution in [0.4, 0.5) is 5.82 Å². The van der Waals surface area contributed by atoms with Crippen LogP contribution in [-0.2, 0) is 0 Å². The van der Waals surface area contributed by atoms with E-state index in [1.807, 2.05) is 25.8 Å². The number of likely N-dealkylation sites (N-methyl/N-ethyl adjacent to an activating group) is 1. The molecule has 0 aliphatic rings. The van der Waals surface area contributed by atoms with Gasteiger partial charge in [-0.15, -0.1) is 0 Å². The van der Waals surface area contributed by atoms with Gasteiger partial charge in [0.25, 0.3) is 0 Å². The van der Waals surface area contributed by atoms with E-state index >= 15 is 0 Å². The molecule has 0 amide bonds. The summed E-state index contributed by atoms with van der Waals surface area (Å²) in [6.07, 6.45) is 3.40. The number of aryl methyl sites for hydroxylation is 1. The van der Waals surface area contributed by atoms with Gasteiger partial charge in [-0.2, -0.15) is 0 Å². The van der Waals surface area contributed by atoms with Crippen molar-refractivity contribution in [3.63, 3.8) is 0 Å². The third kappa shape index (κ3) is 2.39. The van der Waals surface area contributed by atoms with Crippen molar-refractivity contribution in [2.45, 2.75) is 19.9 Å². The second kappa shape index (κ2) is 4.18. The van der Waals surface area contributed by atoms with Gasteiger partial charge in [0, 0.05) is 13.2 Å². The van der Waals surface area contributed by atoms with Crippen LogP contribution in [-0.4, -0.2) is 34.8 Å². The molecule has 1 aromatic rings. The maximum absolute atomic E-state index is 8.95. The quantitative estimate of drug-likeness (QED) is 0.742. The lowest BCUT2D eigenvalue weighted by Crippen LogP contribution is -2.32. The van der Waals surface area contributed by atoms with E-state index in [1.54, 1.807) is 12.4 Å². The van der Waals surface area contributed by atoms with Crippen molar-refractivity contribution in [1.82, 2.24) is 9.97 Å². The summed E-state index contributed by atoms with van der Waals surface area (Å²) in [4.78, 5) is 10.2. The molecule has 0 aromatic carbocycles. The molecular weight excluding hydrogens is 166 g/mol. The van der Waals surface area contributed by atoms with Crippen molar-refractivity contribution < 1.29 is 5.11 Å². The smallest absolute Gasteiger partial charge is 0.147 e. The molecule has 0 aliphatic heterocycles. The number of hydrogen-bond donors (Lipinski definition) is 1. The van der Waals surface area contributed by atoms with Crippen LogP contribution >= 0.6 is 0 Å². The van der Waals surface area contributed by atoms with Crippen molar-refractivity contribution in [3.05, 3.63) is 18.1 Å². The highest BCUT2D eigenvalue weighted by atomic mass is 16.3. The third-order valence-electron chi connectivity index (χ3n) is 2.03. The minimum absolute atomic E-state index is 0.0658. The summed E-state index contributed by atoms with van der Waals surface area (Å²) in [5.41, 5.74) is 0.884. The Kier molecular flexibility index (Phi) is 3.19. The van der Waals surface area contributed by atoms with Gasteiger partial charge in [-0.25, -0.2) is 4.98 Å². The minimum atomic E-state index is 0.0658. The molecule has 0 saturated heterocycles. The van der Waals surface area contributed by atoms with Crippen LogP contribution < -0.4 is 4.90 Å². The molecule has 72 valence electrons. The van der Waals surface area contributed by atoms with Gasteiger partial charge in [-0.05, 0) is 13.8 Å². The first-order valence-electron chi connectivity index (χ1n) is 4.27. The fourth-order valence-electron chi connectivity index (χ4n) is 0.968. The number of aliphatic hydroxyl groups excluding tert-OH is 1. The molecule has 0 fully saturated rings. The van der Waals surface area contributed by atoms with Crippen LogP contribution in [0.2, 0.25) is 0 Å². The van der Waals surface area contributed by atoms with Crippen molar-refractivity contribution in [3.8, 4) is 0 Å². The second-order valence-electron chi connectivity index (χ2n) is 3.16. The first-order valence-corrected chi connectivity index (χ1v) is 4.27. The van der Waals surface area contributed by atoms with Gasteiger partial charge in [0.1, 0.15) is 5.82 Å². The Hall–Kier alpha value is -1.16. The Morgan fingerprint density at radius 1 is 1.54 bits per heavy atom. The normalized spacial score (nSPS) is 12.6. The SMILES string of the molecule is Cc1cncc(N(C)[C@H](C)CO)n1. The van der Waals surface area contributed by atoms with E-state index < -0.39 is 0 Å². The summed E-state index contributed by atoms with van der Waals surface area (Å²) in [5.74, 6) is 0.793. The fourth-order valence-corrected chi connectivity index (χ4v) is 0.968. The zero-order chi connectivity index (χ0) is 9.84. The predicted molar refractivity (Wildman–Crippen MR) is 51.7 cm³/mol. The van der Waals surface area contributed by atoms with Crippen LogP contribution in [0.3, 0.4) is 0 Å². The number of rotatable bonds is 3. The molecule has 0 unspecified atom stereocenters. The lowest BCUT2D eigenvalue weighted by Gasteiger charge is -2.23. The second-order valence-corrected chi connectivity index (χ2v) is 3.16. The lowest BCUT2D eigenvalue weighted by atomic mass is 10.3. The van der Waals surface area contributed by atoms with E-state index in [0.29, 0.717) is 0 Å². The molecule has 1 N–H and O–H groups in total. The van der Waals surface area contributed by atoms with Gasteiger partial charge < -0.3 is 10.0 Å². The summed E-state index contributed by atoms with van der Waals surface area (Å²) in [5, 5.41) is 8.95. The number of aromatic nitrogens is 2. The molecular formula is C9H15N3O. The van der Waals surface area contributed by atoms with Gasteiger partial charge in [0.2, 0.25) is 0 Å². The van der Waals surface area contributed by atoms with Crippen molar-refractivity contribution in [2.24, 2.45) is 0 Å². The highest BCUT2D eigenvalue weighted by molar-refractivity contribution is 5.36. The summed E-state index contributed by atoms with van der Waals surface area (Å²) >= 11 is 0. The van der Waals surface area contributed by atoms with Gasteiger partial charge >= 0.3 is 0 Å². The maximum atomic E-state index is 8.95. The first-order chi connectivity index (χ1) is 6.15. The molecule has 0 radical (unpaired) electrons. The molecule has 0 aliphatic carbocycles. The van der Waals surface area contributed by atoms with Gasteiger partial charge in [0.05, 0.1) is 24.5 Å². The average molecular weight is 181 g/mol. The Labute approximate surface area is 78.2 Å². The molecule has 1 heterocycles. The molecule has 4 heteroatoms. The molecule has 1 aromatic heterocycles. The standard InChI is InChI=1S/C9H15N3O/c1-7-4-10-5-9(11-7)12(3)8(2)6-13/h4-5,8,13H,6H2,1-3H3/t8-/m1/s1. The summed E-state index contributed by atoms with van der Waals surface area (Å²) in [6.45, 7) is 3.95. The van der Waals surface area contributed by atoms with E-state index in [4.69, 9.17) is 5.11 Å². The molecule has 0 bridgehead atoms. The third-order valence-corrected chi connectivity index (χ3v) is 2.03. The number of nitrogens with zero attached hydrogens (tertiary/aromatic N) is 3. The van der Waals surface area contributed by atoms with Crippen LogP contribution in [0.5, 0.6) is 0 Å².